The first kappa shape index (κ1) is 25.6. The molecule has 3 rings (SSSR count). The lowest BCUT2D eigenvalue weighted by atomic mass is 10.0. The van der Waals surface area contributed by atoms with Crippen LogP contribution in [0.5, 0.6) is 0 Å². The molecule has 2 N–H and O–H groups in total. The molecule has 3 aromatic rings. The molecule has 3 heterocycles. The average molecular weight is 505 g/mol. The van der Waals surface area contributed by atoms with E-state index >= 15 is 0 Å². The monoisotopic (exact) mass is 504 g/mol. The molecule has 0 bridgehead atoms. The van der Waals surface area contributed by atoms with E-state index in [-0.39, 0.29) is 11.9 Å². The predicted molar refractivity (Wildman–Crippen MR) is 142 cm³/mol. The van der Waals surface area contributed by atoms with E-state index in [1.807, 2.05) is 49.6 Å². The number of nitrogens with one attached hydrogen (secondary N) is 2. The molecule has 0 aliphatic rings. The molecule has 0 spiro atoms. The molecule has 1 unspecified atom stereocenters. The van der Waals surface area contributed by atoms with Crippen LogP contribution in [0.3, 0.4) is 0 Å². The number of amides is 1. The number of pyridine rings is 1. The van der Waals surface area contributed by atoms with Crippen molar-refractivity contribution in [3.8, 4) is 10.6 Å². The number of aryl methyl sites for hydroxylation is 2. The average Bonchev–Trinajstić information content (AvgIpc) is 3.41. The first-order chi connectivity index (χ1) is 15.9. The topological polar surface area (TPSA) is 83.0 Å². The van der Waals surface area contributed by atoms with Crippen LogP contribution in [0.25, 0.3) is 10.6 Å². The number of thiazole rings is 2. The second-order valence-corrected chi connectivity index (χ2v) is 10.6. The summed E-state index contributed by atoms with van der Waals surface area (Å²) in [6.07, 6.45) is 6.54. The highest BCUT2D eigenvalue weighted by atomic mass is 32.2. The van der Waals surface area contributed by atoms with Gasteiger partial charge in [0.25, 0.3) is 5.91 Å². The summed E-state index contributed by atoms with van der Waals surface area (Å²) >= 11 is 4.80. The molecule has 33 heavy (non-hydrogen) atoms. The van der Waals surface area contributed by atoms with Crippen LogP contribution in [0, 0.1) is 13.8 Å². The fourth-order valence-electron chi connectivity index (χ4n) is 3.67. The van der Waals surface area contributed by atoms with Crippen LogP contribution in [0.2, 0.25) is 0 Å². The van der Waals surface area contributed by atoms with Crippen molar-refractivity contribution in [3.63, 3.8) is 0 Å². The van der Waals surface area contributed by atoms with Gasteiger partial charge in [-0.3, -0.25) is 9.52 Å². The Labute approximate surface area is 208 Å². The van der Waals surface area contributed by atoms with Crippen molar-refractivity contribution in [1.82, 2.24) is 24.6 Å². The first-order valence-corrected chi connectivity index (χ1v) is 14.0. The number of hydrogen-bond donors (Lipinski definition) is 2. The van der Waals surface area contributed by atoms with Crippen molar-refractivity contribution >= 4 is 51.5 Å². The number of nitrogens with zero attached hydrogens (tertiary/aromatic N) is 4. The summed E-state index contributed by atoms with van der Waals surface area (Å²) < 4.78 is 3.43. The van der Waals surface area contributed by atoms with Gasteiger partial charge in [-0.25, -0.2) is 15.0 Å². The second kappa shape index (κ2) is 11.9. The summed E-state index contributed by atoms with van der Waals surface area (Å²) in [4.78, 5) is 29.6. The number of hydrogen-bond acceptors (Lipinski definition) is 9. The third kappa shape index (κ3) is 6.53. The molecular weight excluding hydrogens is 472 g/mol. The van der Waals surface area contributed by atoms with Crippen LogP contribution < -0.4 is 10.0 Å². The molecule has 7 nitrogen and oxygen atoms in total. The van der Waals surface area contributed by atoms with Crippen LogP contribution in [-0.4, -0.2) is 51.1 Å². The maximum atomic E-state index is 13.1. The van der Waals surface area contributed by atoms with Gasteiger partial charge in [0.1, 0.15) is 5.82 Å². The number of carbonyl (C=O) groups is 1. The number of carbonyl (C=O) groups excluding carboxylic acids is 1. The van der Waals surface area contributed by atoms with E-state index in [0.717, 1.165) is 45.7 Å². The highest BCUT2D eigenvalue weighted by Gasteiger charge is 2.23. The van der Waals surface area contributed by atoms with E-state index < -0.39 is 0 Å². The molecule has 0 aliphatic carbocycles. The van der Waals surface area contributed by atoms with Gasteiger partial charge in [-0.15, -0.1) is 22.7 Å². The van der Waals surface area contributed by atoms with E-state index in [0.29, 0.717) is 17.4 Å². The fraction of sp³-hybridized carbons (Fsp3) is 0.478. The normalized spacial score (nSPS) is 13.0. The summed E-state index contributed by atoms with van der Waals surface area (Å²) in [5.74, 6) is 0.655. The molecule has 0 aromatic carbocycles. The van der Waals surface area contributed by atoms with E-state index in [2.05, 4.69) is 38.8 Å². The third-order valence-electron chi connectivity index (χ3n) is 5.56. The van der Waals surface area contributed by atoms with Gasteiger partial charge >= 0.3 is 0 Å². The van der Waals surface area contributed by atoms with Gasteiger partial charge in [0.15, 0.2) is 5.13 Å². The van der Waals surface area contributed by atoms with Crippen molar-refractivity contribution in [2.24, 2.45) is 0 Å². The SMILES string of the molecule is CCC(C[C@@H](CC)N(C)C(=O)c1ccc(Nc2nc(-c3sc(C)nc3C)cs2)nc1)NSC. The second-order valence-electron chi connectivity index (χ2n) is 7.88. The van der Waals surface area contributed by atoms with Crippen molar-refractivity contribution in [3.05, 3.63) is 40.0 Å². The van der Waals surface area contributed by atoms with Crippen molar-refractivity contribution < 1.29 is 4.79 Å². The number of anilines is 2. The molecule has 178 valence electrons. The first-order valence-electron chi connectivity index (χ1n) is 11.0. The lowest BCUT2D eigenvalue weighted by Crippen LogP contribution is -2.40. The van der Waals surface area contributed by atoms with Crippen molar-refractivity contribution in [2.75, 3.05) is 18.6 Å². The van der Waals surface area contributed by atoms with Crippen LogP contribution >= 0.6 is 34.6 Å². The van der Waals surface area contributed by atoms with E-state index in [4.69, 9.17) is 0 Å². The molecule has 0 saturated carbocycles. The third-order valence-corrected chi connectivity index (χ3v) is 7.98. The standard InChI is InChI=1S/C23H32N6OS3/c1-7-17(28-31-6)11-18(8-2)29(5)22(30)16-9-10-20(24-12-16)27-23-26-19(13-32-23)21-14(3)25-15(4)33-21/h9-10,12-13,17-18,28H,7-8,11H2,1-6H3,(H,24,26,27)/t17?,18-/m1/s1. The van der Waals surface area contributed by atoms with Gasteiger partial charge in [0.2, 0.25) is 0 Å². The van der Waals surface area contributed by atoms with Gasteiger partial charge in [0.05, 0.1) is 26.8 Å². The Hall–Kier alpha value is -2.01. The molecule has 0 fully saturated rings. The van der Waals surface area contributed by atoms with Crippen molar-refractivity contribution in [2.45, 2.75) is 59.0 Å². The highest BCUT2D eigenvalue weighted by Crippen LogP contribution is 2.32. The lowest BCUT2D eigenvalue weighted by Gasteiger charge is -2.30. The molecule has 0 aliphatic heterocycles. The van der Waals surface area contributed by atoms with Gasteiger partial charge < -0.3 is 10.2 Å². The molecule has 10 heteroatoms. The predicted octanol–water partition coefficient (Wildman–Crippen LogP) is 5.91. The van der Waals surface area contributed by atoms with Crippen LogP contribution in [-0.2, 0) is 0 Å². The highest BCUT2D eigenvalue weighted by molar-refractivity contribution is 7.96. The maximum Gasteiger partial charge on any atom is 0.255 e. The number of rotatable bonds is 11. The minimum absolute atomic E-state index is 0.00696. The van der Waals surface area contributed by atoms with Crippen LogP contribution in [0.15, 0.2) is 23.7 Å². The zero-order valence-electron chi connectivity index (χ0n) is 20.0. The van der Waals surface area contributed by atoms with Crippen LogP contribution in [0.1, 0.15) is 54.2 Å². The summed E-state index contributed by atoms with van der Waals surface area (Å²) in [7, 11) is 1.88. The summed E-state index contributed by atoms with van der Waals surface area (Å²) in [5.41, 5.74) is 2.51. The van der Waals surface area contributed by atoms with Crippen molar-refractivity contribution in [1.29, 1.82) is 0 Å². The van der Waals surface area contributed by atoms with Crippen LogP contribution in [0.4, 0.5) is 10.9 Å². The smallest absolute Gasteiger partial charge is 0.255 e. The minimum atomic E-state index is -0.00696. The summed E-state index contributed by atoms with van der Waals surface area (Å²) in [6.45, 7) is 8.30. The Morgan fingerprint density at radius 1 is 1.21 bits per heavy atom. The van der Waals surface area contributed by atoms with Gasteiger partial charge in [-0.05, 0) is 51.5 Å². The minimum Gasteiger partial charge on any atom is -0.339 e. The van der Waals surface area contributed by atoms with Gasteiger partial charge in [0, 0.05) is 30.7 Å². The molecule has 1 amide bonds. The molecule has 0 radical (unpaired) electrons. The van der Waals surface area contributed by atoms with E-state index in [1.165, 1.54) is 11.3 Å². The zero-order valence-corrected chi connectivity index (χ0v) is 22.5. The summed E-state index contributed by atoms with van der Waals surface area (Å²) in [5, 5.41) is 7.06. The zero-order chi connectivity index (χ0) is 24.0. The van der Waals surface area contributed by atoms with Gasteiger partial charge in [-0.2, -0.15) is 0 Å². The summed E-state index contributed by atoms with van der Waals surface area (Å²) in [6, 6.07) is 4.21. The Kier molecular flexibility index (Phi) is 9.25. The number of aromatic nitrogens is 3. The fourth-order valence-corrected chi connectivity index (χ4v) is 5.93. The largest absolute Gasteiger partial charge is 0.339 e. The molecular formula is C23H32N6OS3. The quantitative estimate of drug-likeness (QED) is 0.314. The van der Waals surface area contributed by atoms with E-state index in [1.54, 1.807) is 29.5 Å². The Morgan fingerprint density at radius 3 is 2.58 bits per heavy atom. The Bertz CT molecular complexity index is 1050. The van der Waals surface area contributed by atoms with Gasteiger partial charge in [-0.1, -0.05) is 25.8 Å². The Balaban J connectivity index is 1.64. The molecule has 0 saturated heterocycles. The molecule has 2 atom stereocenters. The van der Waals surface area contributed by atoms with E-state index in [9.17, 15) is 4.79 Å². The lowest BCUT2D eigenvalue weighted by molar-refractivity contribution is 0.0712. The molecule has 3 aromatic heterocycles. The Morgan fingerprint density at radius 2 is 2.00 bits per heavy atom. The maximum absolute atomic E-state index is 13.1.